The third kappa shape index (κ3) is 5.20. The average molecular weight is 599 g/mol. The van der Waals surface area contributed by atoms with Crippen LogP contribution >= 0.6 is 28.1 Å². The first-order valence-corrected chi connectivity index (χ1v) is 14.4. The number of thiocarbonyl (C=S) groups is 1. The molecule has 2 aromatic heterocycles. The number of sulfonamides is 1. The Morgan fingerprint density at radius 3 is 2.59 bits per heavy atom. The highest BCUT2D eigenvalue weighted by Gasteiger charge is 2.42. The van der Waals surface area contributed by atoms with E-state index >= 15 is 0 Å². The smallest absolute Gasteiger partial charge is 0.229 e. The van der Waals surface area contributed by atoms with Gasteiger partial charge in [-0.2, -0.15) is 0 Å². The predicted octanol–water partition coefficient (Wildman–Crippen LogP) is 5.19. The molecule has 0 bridgehead atoms. The molecule has 5 rings (SSSR count). The molecule has 37 heavy (non-hydrogen) atoms. The Morgan fingerprint density at radius 2 is 1.89 bits per heavy atom. The van der Waals surface area contributed by atoms with Crippen molar-refractivity contribution in [3.8, 4) is 11.4 Å². The lowest BCUT2D eigenvalue weighted by molar-refractivity contribution is 0.417. The first-order chi connectivity index (χ1) is 17.7. The maximum Gasteiger partial charge on any atom is 0.229 e. The zero-order chi connectivity index (χ0) is 26.2. The van der Waals surface area contributed by atoms with Gasteiger partial charge < -0.3 is 19.5 Å². The van der Waals surface area contributed by atoms with Crippen LogP contribution in [0.4, 0.5) is 11.4 Å². The molecule has 0 radical (unpaired) electrons. The van der Waals surface area contributed by atoms with Gasteiger partial charge in [0.1, 0.15) is 11.8 Å². The standard InChI is InChI=1S/C26H24BrN5O3S2/c1-35-23-16-19(11-12-20(23)30-37(2,33)34)32-25(24(29-26(32)36)21-9-3-4-13-28-21)22-10-6-14-31(22)18-8-5-7-17(27)15-18/h3-16,24-25,30H,1-2H3,(H,29,36). The van der Waals surface area contributed by atoms with E-state index in [0.717, 1.165) is 33.5 Å². The molecule has 1 aliphatic heterocycles. The second-order valence-corrected chi connectivity index (χ2v) is 11.6. The van der Waals surface area contributed by atoms with Crippen molar-refractivity contribution in [1.82, 2.24) is 14.9 Å². The number of hydrogen-bond acceptors (Lipinski definition) is 5. The number of nitrogens with zero attached hydrogens (tertiary/aromatic N) is 3. The molecule has 1 saturated heterocycles. The minimum absolute atomic E-state index is 0.241. The van der Waals surface area contributed by atoms with E-state index in [2.05, 4.69) is 47.7 Å². The minimum atomic E-state index is -3.48. The van der Waals surface area contributed by atoms with E-state index in [9.17, 15) is 8.42 Å². The fourth-order valence-electron chi connectivity index (χ4n) is 4.54. The summed E-state index contributed by atoms with van der Waals surface area (Å²) in [5, 5.41) is 3.98. The Bertz CT molecular complexity index is 1560. The van der Waals surface area contributed by atoms with Crippen molar-refractivity contribution < 1.29 is 13.2 Å². The van der Waals surface area contributed by atoms with Crippen molar-refractivity contribution in [2.24, 2.45) is 0 Å². The zero-order valence-corrected chi connectivity index (χ0v) is 23.2. The Labute approximate surface area is 229 Å². The molecule has 11 heteroatoms. The van der Waals surface area contributed by atoms with Crippen LogP contribution in [0.25, 0.3) is 5.69 Å². The number of benzene rings is 2. The number of aromatic nitrogens is 2. The molecule has 0 amide bonds. The first-order valence-electron chi connectivity index (χ1n) is 11.3. The molecule has 2 atom stereocenters. The summed E-state index contributed by atoms with van der Waals surface area (Å²) in [5.74, 6) is 0.383. The lowest BCUT2D eigenvalue weighted by Gasteiger charge is -2.29. The van der Waals surface area contributed by atoms with E-state index in [0.29, 0.717) is 16.5 Å². The normalized spacial score (nSPS) is 17.5. The SMILES string of the molecule is COc1cc(N2C(=S)NC(c3ccccn3)C2c2cccn2-c2cccc(Br)c2)ccc1NS(C)(=O)=O. The van der Waals surface area contributed by atoms with Gasteiger partial charge in [0.2, 0.25) is 10.0 Å². The van der Waals surface area contributed by atoms with Crippen LogP contribution < -0.4 is 19.7 Å². The number of rotatable bonds is 7. The van der Waals surface area contributed by atoms with Crippen molar-refractivity contribution in [1.29, 1.82) is 0 Å². The molecule has 2 aromatic carbocycles. The van der Waals surface area contributed by atoms with Crippen LogP contribution in [0.2, 0.25) is 0 Å². The van der Waals surface area contributed by atoms with Gasteiger partial charge in [-0.25, -0.2) is 8.42 Å². The Kier molecular flexibility index (Phi) is 6.93. The number of anilines is 2. The topological polar surface area (TPSA) is 88.5 Å². The maximum absolute atomic E-state index is 11.8. The van der Waals surface area contributed by atoms with E-state index in [1.165, 1.54) is 7.11 Å². The highest BCUT2D eigenvalue weighted by molar-refractivity contribution is 9.10. The van der Waals surface area contributed by atoms with E-state index < -0.39 is 10.0 Å². The van der Waals surface area contributed by atoms with Gasteiger partial charge in [0.05, 0.1) is 30.8 Å². The third-order valence-electron chi connectivity index (χ3n) is 6.03. The second-order valence-electron chi connectivity index (χ2n) is 8.54. The maximum atomic E-state index is 11.8. The Morgan fingerprint density at radius 1 is 1.05 bits per heavy atom. The van der Waals surface area contributed by atoms with Gasteiger partial charge in [0.15, 0.2) is 5.11 Å². The summed E-state index contributed by atoms with van der Waals surface area (Å²) in [4.78, 5) is 6.64. The molecule has 190 valence electrons. The predicted molar refractivity (Wildman–Crippen MR) is 153 cm³/mol. The molecule has 0 spiro atoms. The highest BCUT2D eigenvalue weighted by atomic mass is 79.9. The molecule has 2 N–H and O–H groups in total. The molecule has 1 fully saturated rings. The molecular formula is C26H24BrN5O3S2. The number of pyridine rings is 1. The molecular weight excluding hydrogens is 574 g/mol. The second kappa shape index (κ2) is 10.2. The van der Waals surface area contributed by atoms with Crippen molar-refractivity contribution >= 4 is 54.7 Å². The van der Waals surface area contributed by atoms with Gasteiger partial charge in [-0.1, -0.05) is 28.1 Å². The number of nitrogens with one attached hydrogen (secondary N) is 2. The Hall–Kier alpha value is -3.41. The summed E-state index contributed by atoms with van der Waals surface area (Å²) >= 11 is 9.43. The summed E-state index contributed by atoms with van der Waals surface area (Å²) in [5.41, 5.74) is 3.94. The molecule has 0 saturated carbocycles. The van der Waals surface area contributed by atoms with E-state index in [4.69, 9.17) is 17.0 Å². The first kappa shape index (κ1) is 25.2. The summed E-state index contributed by atoms with van der Waals surface area (Å²) in [7, 11) is -1.98. The summed E-state index contributed by atoms with van der Waals surface area (Å²) < 4.78 is 34.8. The summed E-state index contributed by atoms with van der Waals surface area (Å²) in [6.45, 7) is 0. The van der Waals surface area contributed by atoms with Crippen LogP contribution in [0.3, 0.4) is 0 Å². The summed E-state index contributed by atoms with van der Waals surface area (Å²) in [6.07, 6.45) is 4.89. The Balaban J connectivity index is 1.65. The van der Waals surface area contributed by atoms with Gasteiger partial charge in [-0.15, -0.1) is 0 Å². The lowest BCUT2D eigenvalue weighted by Crippen LogP contribution is -2.30. The van der Waals surface area contributed by atoms with Crippen LogP contribution in [0.15, 0.2) is 89.7 Å². The quantitative estimate of drug-likeness (QED) is 0.283. The molecule has 3 heterocycles. The fraction of sp³-hybridized carbons (Fsp3) is 0.154. The fourth-order valence-corrected chi connectivity index (χ4v) is 5.84. The molecule has 1 aliphatic rings. The van der Waals surface area contributed by atoms with Crippen molar-refractivity contribution in [2.45, 2.75) is 12.1 Å². The van der Waals surface area contributed by atoms with Gasteiger partial charge >= 0.3 is 0 Å². The highest BCUT2D eigenvalue weighted by Crippen LogP contribution is 2.44. The minimum Gasteiger partial charge on any atom is -0.494 e. The van der Waals surface area contributed by atoms with Gasteiger partial charge in [0.25, 0.3) is 0 Å². The summed E-state index contributed by atoms with van der Waals surface area (Å²) in [6, 6.07) is 22.7. The average Bonchev–Trinajstić information content (AvgIpc) is 3.48. The number of methoxy groups -OCH3 is 1. The van der Waals surface area contributed by atoms with Crippen molar-refractivity contribution in [3.05, 3.63) is 101 Å². The molecule has 0 aliphatic carbocycles. The van der Waals surface area contributed by atoms with Gasteiger partial charge in [0, 0.05) is 40.0 Å². The monoisotopic (exact) mass is 597 g/mol. The van der Waals surface area contributed by atoms with Gasteiger partial charge in [-0.05, 0) is 66.8 Å². The third-order valence-corrected chi connectivity index (χ3v) is 7.42. The van der Waals surface area contributed by atoms with E-state index in [1.807, 2.05) is 59.6 Å². The van der Waals surface area contributed by atoms with Crippen LogP contribution in [-0.4, -0.2) is 36.4 Å². The van der Waals surface area contributed by atoms with Crippen LogP contribution in [0.1, 0.15) is 23.5 Å². The van der Waals surface area contributed by atoms with Crippen molar-refractivity contribution in [2.75, 3.05) is 23.0 Å². The van der Waals surface area contributed by atoms with E-state index in [1.54, 1.807) is 18.3 Å². The van der Waals surface area contributed by atoms with Crippen LogP contribution in [0.5, 0.6) is 5.75 Å². The largest absolute Gasteiger partial charge is 0.494 e. The van der Waals surface area contributed by atoms with Gasteiger partial charge in [-0.3, -0.25) is 9.71 Å². The number of hydrogen-bond donors (Lipinski definition) is 2. The van der Waals surface area contributed by atoms with Crippen LogP contribution in [-0.2, 0) is 10.0 Å². The van der Waals surface area contributed by atoms with Crippen molar-refractivity contribution in [3.63, 3.8) is 0 Å². The lowest BCUT2D eigenvalue weighted by atomic mass is 10.0. The number of halogens is 1. The molecule has 8 nitrogen and oxygen atoms in total. The van der Waals surface area contributed by atoms with E-state index in [-0.39, 0.29) is 12.1 Å². The zero-order valence-electron chi connectivity index (χ0n) is 20.0. The molecule has 2 unspecified atom stereocenters. The molecule has 4 aromatic rings. The number of ether oxygens (including phenoxy) is 1. The van der Waals surface area contributed by atoms with Crippen LogP contribution in [0, 0.1) is 0 Å².